The highest BCUT2D eigenvalue weighted by Gasteiger charge is 2.13. The Bertz CT molecular complexity index is 615. The average Bonchev–Trinajstić information content (AvgIpc) is 2.50. The summed E-state index contributed by atoms with van der Waals surface area (Å²) in [5.74, 6) is 0.232. The Hall–Kier alpha value is -2.40. The second kappa shape index (κ2) is 7.40. The van der Waals surface area contributed by atoms with E-state index in [4.69, 9.17) is 16.3 Å². The van der Waals surface area contributed by atoms with Crippen molar-refractivity contribution in [2.45, 2.75) is 13.0 Å². The number of carbonyl (C=O) groups is 1. The van der Waals surface area contributed by atoms with Crippen LogP contribution < -0.4 is 10.2 Å². The summed E-state index contributed by atoms with van der Waals surface area (Å²) in [6, 6.07) is 10.4. The van der Waals surface area contributed by atoms with Crippen LogP contribution in [0.3, 0.4) is 0 Å². The molecule has 0 radical (unpaired) electrons. The van der Waals surface area contributed by atoms with E-state index in [-0.39, 0.29) is 5.91 Å². The Morgan fingerprint density at radius 2 is 1.95 bits per heavy atom. The molecule has 0 bridgehead atoms. The van der Waals surface area contributed by atoms with Crippen molar-refractivity contribution in [1.29, 1.82) is 0 Å². The number of nitrogens with one attached hydrogen (secondary N) is 1. The lowest BCUT2D eigenvalue weighted by molar-refractivity contribution is -0.127. The van der Waals surface area contributed by atoms with E-state index in [1.807, 2.05) is 0 Å². The van der Waals surface area contributed by atoms with Gasteiger partial charge in [-0.1, -0.05) is 11.6 Å². The molecule has 0 saturated carbocycles. The molecule has 5 nitrogen and oxygen atoms in total. The lowest BCUT2D eigenvalue weighted by Gasteiger charge is -2.12. The van der Waals surface area contributed by atoms with Gasteiger partial charge in [-0.05, 0) is 48.9 Å². The van der Waals surface area contributed by atoms with Crippen LogP contribution in [0.25, 0.3) is 0 Å². The van der Waals surface area contributed by atoms with Crippen LogP contribution in [-0.4, -0.2) is 23.2 Å². The lowest BCUT2D eigenvalue weighted by Crippen LogP contribution is -2.33. The van der Waals surface area contributed by atoms with E-state index in [0.717, 1.165) is 5.56 Å². The molecule has 0 aliphatic carbocycles. The normalized spacial score (nSPS) is 12.1. The first-order valence-corrected chi connectivity index (χ1v) is 6.68. The lowest BCUT2D eigenvalue weighted by atomic mass is 10.3. The first kappa shape index (κ1) is 15.0. The summed E-state index contributed by atoms with van der Waals surface area (Å²) in [7, 11) is 0. The average molecular weight is 304 g/mol. The number of benzene rings is 1. The molecule has 6 heteroatoms. The van der Waals surface area contributed by atoms with Crippen molar-refractivity contribution in [3.8, 4) is 5.75 Å². The second-order valence-electron chi connectivity index (χ2n) is 4.23. The molecule has 0 spiro atoms. The van der Waals surface area contributed by atoms with E-state index in [1.165, 1.54) is 6.21 Å². The summed E-state index contributed by atoms with van der Waals surface area (Å²) < 4.78 is 5.48. The fraction of sp³-hybridized carbons (Fsp3) is 0.133. The standard InChI is InChI=1S/C15H14ClN3O2/c1-11(21-14-4-2-13(16)3-5-14)15(20)19-18-10-12-6-8-17-9-7-12/h2-11H,1H3,(H,19,20)/t11-/m1/s1. The van der Waals surface area contributed by atoms with Gasteiger partial charge in [-0.2, -0.15) is 5.10 Å². The zero-order valence-corrected chi connectivity index (χ0v) is 12.1. The Kier molecular flexibility index (Phi) is 5.29. The van der Waals surface area contributed by atoms with Crippen molar-refractivity contribution >= 4 is 23.7 Å². The van der Waals surface area contributed by atoms with E-state index in [2.05, 4.69) is 15.5 Å². The molecule has 2 aromatic rings. The molecule has 0 fully saturated rings. The first-order chi connectivity index (χ1) is 10.1. The van der Waals surface area contributed by atoms with Crippen LogP contribution in [-0.2, 0) is 4.79 Å². The van der Waals surface area contributed by atoms with Gasteiger partial charge >= 0.3 is 0 Å². The van der Waals surface area contributed by atoms with Crippen molar-refractivity contribution in [1.82, 2.24) is 10.4 Å². The topological polar surface area (TPSA) is 63.6 Å². The van der Waals surface area contributed by atoms with E-state index in [1.54, 1.807) is 55.7 Å². The molecular formula is C15H14ClN3O2. The highest BCUT2D eigenvalue weighted by Crippen LogP contribution is 2.16. The van der Waals surface area contributed by atoms with Gasteiger partial charge in [0.25, 0.3) is 5.91 Å². The molecule has 0 aliphatic heterocycles. The van der Waals surface area contributed by atoms with Gasteiger partial charge in [-0.15, -0.1) is 0 Å². The van der Waals surface area contributed by atoms with Crippen molar-refractivity contribution < 1.29 is 9.53 Å². The highest BCUT2D eigenvalue weighted by molar-refractivity contribution is 6.30. The zero-order valence-electron chi connectivity index (χ0n) is 11.4. The van der Waals surface area contributed by atoms with E-state index in [0.29, 0.717) is 10.8 Å². The number of hydrogen-bond donors (Lipinski definition) is 1. The smallest absolute Gasteiger partial charge is 0.280 e. The zero-order chi connectivity index (χ0) is 15.1. The highest BCUT2D eigenvalue weighted by atomic mass is 35.5. The summed E-state index contributed by atoms with van der Waals surface area (Å²) in [6.45, 7) is 1.64. The number of hydrogen-bond acceptors (Lipinski definition) is 4. The number of rotatable bonds is 5. The van der Waals surface area contributed by atoms with E-state index in [9.17, 15) is 4.79 Å². The number of aromatic nitrogens is 1. The first-order valence-electron chi connectivity index (χ1n) is 6.30. The summed E-state index contributed by atoms with van der Waals surface area (Å²) >= 11 is 5.78. The largest absolute Gasteiger partial charge is 0.481 e. The SMILES string of the molecule is C[C@@H](Oc1ccc(Cl)cc1)C(=O)NN=Cc1ccncc1. The molecule has 0 aliphatic rings. The van der Waals surface area contributed by atoms with Gasteiger partial charge in [-0.25, -0.2) is 5.43 Å². The molecule has 21 heavy (non-hydrogen) atoms. The fourth-order valence-corrected chi connectivity index (χ4v) is 1.61. The van der Waals surface area contributed by atoms with Crippen LogP contribution in [0.5, 0.6) is 5.75 Å². The maximum atomic E-state index is 11.8. The molecule has 1 N–H and O–H groups in total. The van der Waals surface area contributed by atoms with E-state index >= 15 is 0 Å². The predicted molar refractivity (Wildman–Crippen MR) is 81.5 cm³/mol. The van der Waals surface area contributed by atoms with Crippen molar-refractivity contribution in [2.24, 2.45) is 5.10 Å². The number of pyridine rings is 1. The molecule has 2 rings (SSSR count). The van der Waals surface area contributed by atoms with Gasteiger partial charge < -0.3 is 4.74 Å². The van der Waals surface area contributed by atoms with Gasteiger partial charge in [0.2, 0.25) is 0 Å². The minimum Gasteiger partial charge on any atom is -0.481 e. The number of nitrogens with zero attached hydrogens (tertiary/aromatic N) is 2. The molecular weight excluding hydrogens is 290 g/mol. The monoisotopic (exact) mass is 303 g/mol. The molecule has 1 heterocycles. The van der Waals surface area contributed by atoms with Crippen LogP contribution >= 0.6 is 11.6 Å². The minimum atomic E-state index is -0.666. The summed E-state index contributed by atoms with van der Waals surface area (Å²) in [5, 5.41) is 4.48. The fourth-order valence-electron chi connectivity index (χ4n) is 1.48. The number of hydrazone groups is 1. The molecule has 1 aromatic heterocycles. The quantitative estimate of drug-likeness (QED) is 0.682. The Morgan fingerprint density at radius 1 is 1.29 bits per heavy atom. The molecule has 0 unspecified atom stereocenters. The Balaban J connectivity index is 1.85. The van der Waals surface area contributed by atoms with Crippen molar-refractivity contribution in [2.75, 3.05) is 0 Å². The molecule has 1 aromatic carbocycles. The Morgan fingerprint density at radius 3 is 2.62 bits per heavy atom. The van der Waals surface area contributed by atoms with Gasteiger partial charge in [0.1, 0.15) is 5.75 Å². The van der Waals surface area contributed by atoms with Crippen LogP contribution in [0.4, 0.5) is 0 Å². The van der Waals surface area contributed by atoms with Crippen LogP contribution in [0.15, 0.2) is 53.9 Å². The van der Waals surface area contributed by atoms with Gasteiger partial charge in [-0.3, -0.25) is 9.78 Å². The predicted octanol–water partition coefficient (Wildman–Crippen LogP) is 2.65. The summed E-state index contributed by atoms with van der Waals surface area (Å²) in [6.07, 6.45) is 4.17. The van der Waals surface area contributed by atoms with Gasteiger partial charge in [0.05, 0.1) is 6.21 Å². The summed E-state index contributed by atoms with van der Waals surface area (Å²) in [5.41, 5.74) is 3.27. The van der Waals surface area contributed by atoms with E-state index < -0.39 is 6.10 Å². The van der Waals surface area contributed by atoms with Gasteiger partial charge in [0, 0.05) is 17.4 Å². The molecule has 1 atom stereocenters. The third-order valence-corrected chi connectivity index (χ3v) is 2.84. The summed E-state index contributed by atoms with van der Waals surface area (Å²) in [4.78, 5) is 15.7. The maximum Gasteiger partial charge on any atom is 0.280 e. The number of amides is 1. The third kappa shape index (κ3) is 4.89. The maximum absolute atomic E-state index is 11.8. The van der Waals surface area contributed by atoms with Crippen molar-refractivity contribution in [3.63, 3.8) is 0 Å². The van der Waals surface area contributed by atoms with Crippen LogP contribution in [0.1, 0.15) is 12.5 Å². The second-order valence-corrected chi connectivity index (χ2v) is 4.67. The van der Waals surface area contributed by atoms with Gasteiger partial charge in [0.15, 0.2) is 6.10 Å². The third-order valence-electron chi connectivity index (χ3n) is 2.59. The molecule has 1 amide bonds. The number of halogens is 1. The van der Waals surface area contributed by atoms with Crippen LogP contribution in [0, 0.1) is 0 Å². The number of carbonyl (C=O) groups excluding carboxylic acids is 1. The minimum absolute atomic E-state index is 0.338. The number of ether oxygens (including phenoxy) is 1. The molecule has 108 valence electrons. The van der Waals surface area contributed by atoms with Crippen molar-refractivity contribution in [3.05, 3.63) is 59.4 Å². The Labute approximate surface area is 127 Å². The molecule has 0 saturated heterocycles. The van der Waals surface area contributed by atoms with Crippen LogP contribution in [0.2, 0.25) is 5.02 Å².